The fourth-order valence-electron chi connectivity index (χ4n) is 1.05. The van der Waals surface area contributed by atoms with E-state index in [1.54, 1.807) is 32.2 Å². The van der Waals surface area contributed by atoms with Crippen LogP contribution in [-0.4, -0.2) is 17.6 Å². The summed E-state index contributed by atoms with van der Waals surface area (Å²) in [6, 6.07) is 3.43. The number of hydrogen-bond acceptors (Lipinski definition) is 3. The molecule has 0 saturated carbocycles. The monoisotopic (exact) mass is 213 g/mol. The van der Waals surface area contributed by atoms with Crippen LogP contribution in [0, 0.1) is 0 Å². The average molecular weight is 214 g/mol. The number of carbonyl (C=O) groups is 1. The Hall–Kier alpha value is -1.09. The zero-order valence-electron chi connectivity index (χ0n) is 8.16. The summed E-state index contributed by atoms with van der Waals surface area (Å²) in [6.45, 7) is 3.96. The van der Waals surface area contributed by atoms with E-state index in [-0.39, 0.29) is 11.9 Å². The number of rotatable bonds is 3. The predicted octanol–water partition coefficient (Wildman–Crippen LogP) is 2.40. The molecule has 1 heterocycles. The Bertz CT molecular complexity index is 310. The molecule has 1 aromatic heterocycles. The van der Waals surface area contributed by atoms with E-state index in [1.165, 1.54) is 0 Å². The molecule has 0 aromatic carbocycles. The highest BCUT2D eigenvalue weighted by Gasteiger charge is 2.16. The van der Waals surface area contributed by atoms with Crippen LogP contribution in [0.3, 0.4) is 0 Å². The molecule has 0 bridgehead atoms. The van der Waals surface area contributed by atoms with E-state index in [1.807, 2.05) is 0 Å². The molecular weight excluding hydrogens is 202 g/mol. The Balaban J connectivity index is 2.73. The molecule has 1 aromatic rings. The molecule has 0 unspecified atom stereocenters. The molecule has 14 heavy (non-hydrogen) atoms. The summed E-state index contributed by atoms with van der Waals surface area (Å²) in [6.07, 6.45) is 1.59. The second-order valence-corrected chi connectivity index (χ2v) is 3.28. The molecule has 3 nitrogen and oxygen atoms in total. The third-order valence-electron chi connectivity index (χ3n) is 1.89. The number of aromatic nitrogens is 1. The largest absolute Gasteiger partial charge is 0.466 e. The minimum absolute atomic E-state index is 0.239. The highest BCUT2D eigenvalue weighted by molar-refractivity contribution is 6.29. The zero-order valence-corrected chi connectivity index (χ0v) is 8.91. The van der Waals surface area contributed by atoms with Gasteiger partial charge in [-0.1, -0.05) is 17.7 Å². The molecule has 0 aliphatic rings. The Morgan fingerprint density at radius 1 is 1.64 bits per heavy atom. The summed E-state index contributed by atoms with van der Waals surface area (Å²) in [7, 11) is 0. The molecule has 0 aliphatic carbocycles. The van der Waals surface area contributed by atoms with E-state index in [0.717, 1.165) is 5.56 Å². The highest BCUT2D eigenvalue weighted by Crippen LogP contribution is 2.17. The second kappa shape index (κ2) is 4.96. The first-order valence-corrected chi connectivity index (χ1v) is 4.81. The maximum absolute atomic E-state index is 11.3. The molecule has 76 valence electrons. The van der Waals surface area contributed by atoms with Gasteiger partial charge in [-0.05, 0) is 25.5 Å². The van der Waals surface area contributed by atoms with Gasteiger partial charge in [0.2, 0.25) is 0 Å². The van der Waals surface area contributed by atoms with Crippen LogP contribution in [-0.2, 0) is 9.53 Å². The quantitative estimate of drug-likeness (QED) is 0.572. The SMILES string of the molecule is CCOC(=O)[C@@H](C)c1ccc(Cl)nc1. The van der Waals surface area contributed by atoms with Crippen molar-refractivity contribution in [3.8, 4) is 0 Å². The zero-order chi connectivity index (χ0) is 10.6. The van der Waals surface area contributed by atoms with E-state index < -0.39 is 0 Å². The molecule has 0 saturated heterocycles. The summed E-state index contributed by atoms with van der Waals surface area (Å²) in [5.41, 5.74) is 0.813. The van der Waals surface area contributed by atoms with Crippen molar-refractivity contribution >= 4 is 17.6 Å². The molecule has 4 heteroatoms. The summed E-state index contributed by atoms with van der Waals surface area (Å²) < 4.78 is 4.89. The number of nitrogens with zero attached hydrogens (tertiary/aromatic N) is 1. The number of halogens is 1. The van der Waals surface area contributed by atoms with Gasteiger partial charge in [-0.3, -0.25) is 4.79 Å². The lowest BCUT2D eigenvalue weighted by atomic mass is 10.0. The number of carbonyl (C=O) groups excluding carboxylic acids is 1. The topological polar surface area (TPSA) is 39.2 Å². The molecule has 0 aliphatic heterocycles. The van der Waals surface area contributed by atoms with Crippen LogP contribution >= 0.6 is 11.6 Å². The first-order valence-electron chi connectivity index (χ1n) is 4.43. The van der Waals surface area contributed by atoms with Crippen LogP contribution in [0.15, 0.2) is 18.3 Å². The lowest BCUT2D eigenvalue weighted by Crippen LogP contribution is -2.13. The minimum atomic E-state index is -0.292. The van der Waals surface area contributed by atoms with Crippen molar-refractivity contribution in [2.24, 2.45) is 0 Å². The van der Waals surface area contributed by atoms with Crippen molar-refractivity contribution in [1.29, 1.82) is 0 Å². The van der Waals surface area contributed by atoms with Gasteiger partial charge < -0.3 is 4.74 Å². The smallest absolute Gasteiger partial charge is 0.313 e. The van der Waals surface area contributed by atoms with Crippen molar-refractivity contribution < 1.29 is 9.53 Å². The van der Waals surface area contributed by atoms with Crippen molar-refractivity contribution in [1.82, 2.24) is 4.98 Å². The van der Waals surface area contributed by atoms with Crippen LogP contribution in [0.2, 0.25) is 5.15 Å². The van der Waals surface area contributed by atoms with E-state index in [9.17, 15) is 4.79 Å². The minimum Gasteiger partial charge on any atom is -0.466 e. The maximum Gasteiger partial charge on any atom is 0.313 e. The Morgan fingerprint density at radius 3 is 2.86 bits per heavy atom. The van der Waals surface area contributed by atoms with Crippen LogP contribution < -0.4 is 0 Å². The van der Waals surface area contributed by atoms with Gasteiger partial charge in [-0.2, -0.15) is 0 Å². The number of esters is 1. The Kier molecular flexibility index (Phi) is 3.89. The Morgan fingerprint density at radius 2 is 2.36 bits per heavy atom. The van der Waals surface area contributed by atoms with E-state index in [4.69, 9.17) is 16.3 Å². The molecule has 1 atom stereocenters. The molecular formula is C10H12ClNO2. The van der Waals surface area contributed by atoms with Gasteiger partial charge >= 0.3 is 5.97 Å². The number of ether oxygens (including phenoxy) is 1. The van der Waals surface area contributed by atoms with Crippen molar-refractivity contribution in [2.45, 2.75) is 19.8 Å². The second-order valence-electron chi connectivity index (χ2n) is 2.89. The van der Waals surface area contributed by atoms with Gasteiger partial charge in [-0.15, -0.1) is 0 Å². The highest BCUT2D eigenvalue weighted by atomic mass is 35.5. The maximum atomic E-state index is 11.3. The van der Waals surface area contributed by atoms with Crippen LogP contribution in [0.5, 0.6) is 0 Å². The van der Waals surface area contributed by atoms with E-state index in [0.29, 0.717) is 11.8 Å². The molecule has 1 rings (SSSR count). The summed E-state index contributed by atoms with van der Waals surface area (Å²) in [5, 5.41) is 0.421. The molecule has 0 spiro atoms. The normalized spacial score (nSPS) is 12.2. The van der Waals surface area contributed by atoms with Crippen molar-refractivity contribution in [3.05, 3.63) is 29.0 Å². The molecule has 0 N–H and O–H groups in total. The molecule has 0 fully saturated rings. The third kappa shape index (κ3) is 2.70. The van der Waals surface area contributed by atoms with Crippen molar-refractivity contribution in [2.75, 3.05) is 6.61 Å². The fraction of sp³-hybridized carbons (Fsp3) is 0.400. The summed E-state index contributed by atoms with van der Waals surface area (Å²) in [4.78, 5) is 15.2. The summed E-state index contributed by atoms with van der Waals surface area (Å²) in [5.74, 6) is -0.531. The van der Waals surface area contributed by atoms with Gasteiger partial charge in [0, 0.05) is 6.20 Å². The van der Waals surface area contributed by atoms with Gasteiger partial charge in [0.1, 0.15) is 5.15 Å². The third-order valence-corrected chi connectivity index (χ3v) is 2.11. The first kappa shape index (κ1) is 11.0. The van der Waals surface area contributed by atoms with Gasteiger partial charge in [0.25, 0.3) is 0 Å². The molecule has 0 radical (unpaired) electrons. The fourth-order valence-corrected chi connectivity index (χ4v) is 1.16. The van der Waals surface area contributed by atoms with Gasteiger partial charge in [0.05, 0.1) is 12.5 Å². The number of pyridine rings is 1. The predicted molar refractivity (Wildman–Crippen MR) is 54.3 cm³/mol. The van der Waals surface area contributed by atoms with Crippen LogP contribution in [0.1, 0.15) is 25.3 Å². The molecule has 0 amide bonds. The standard InChI is InChI=1S/C10H12ClNO2/c1-3-14-10(13)7(2)8-4-5-9(11)12-6-8/h4-7H,3H2,1-2H3/t7-/m0/s1. The summed E-state index contributed by atoms with van der Waals surface area (Å²) >= 11 is 5.63. The van der Waals surface area contributed by atoms with Crippen molar-refractivity contribution in [3.63, 3.8) is 0 Å². The Labute approximate surface area is 88.1 Å². The van der Waals surface area contributed by atoms with Crippen LogP contribution in [0.25, 0.3) is 0 Å². The van der Waals surface area contributed by atoms with Gasteiger partial charge in [-0.25, -0.2) is 4.98 Å². The van der Waals surface area contributed by atoms with E-state index >= 15 is 0 Å². The van der Waals surface area contributed by atoms with Crippen LogP contribution in [0.4, 0.5) is 0 Å². The first-order chi connectivity index (χ1) is 6.65. The lowest BCUT2D eigenvalue weighted by molar-refractivity contribution is -0.144. The lowest BCUT2D eigenvalue weighted by Gasteiger charge is -2.09. The van der Waals surface area contributed by atoms with Gasteiger partial charge in [0.15, 0.2) is 0 Å². The number of hydrogen-bond donors (Lipinski definition) is 0. The average Bonchev–Trinajstić information content (AvgIpc) is 2.18. The van der Waals surface area contributed by atoms with E-state index in [2.05, 4.69) is 4.98 Å².